The molecule has 0 saturated carbocycles. The van der Waals surface area contributed by atoms with Crippen molar-refractivity contribution in [1.82, 2.24) is 15.2 Å². The summed E-state index contributed by atoms with van der Waals surface area (Å²) in [6, 6.07) is 7.23. The molecule has 2 aliphatic heterocycles. The number of benzene rings is 1. The van der Waals surface area contributed by atoms with Gasteiger partial charge in [-0.15, -0.1) is 0 Å². The van der Waals surface area contributed by atoms with Crippen molar-refractivity contribution in [1.29, 1.82) is 0 Å². The van der Waals surface area contributed by atoms with E-state index in [1.807, 2.05) is 0 Å². The fraction of sp³-hybridized carbons (Fsp3) is 0.652. The van der Waals surface area contributed by atoms with Gasteiger partial charge in [0.2, 0.25) is 5.91 Å². The minimum absolute atomic E-state index is 0.145. The van der Waals surface area contributed by atoms with Crippen molar-refractivity contribution < 1.29 is 4.79 Å². The van der Waals surface area contributed by atoms with E-state index in [9.17, 15) is 4.79 Å². The zero-order valence-corrected chi connectivity index (χ0v) is 18.6. The van der Waals surface area contributed by atoms with E-state index in [2.05, 4.69) is 47.2 Å². The van der Waals surface area contributed by atoms with Gasteiger partial charge in [0.1, 0.15) is 0 Å². The number of fused-ring (bicyclic) bond motifs is 1. The van der Waals surface area contributed by atoms with E-state index < -0.39 is 0 Å². The third-order valence-corrected chi connectivity index (χ3v) is 7.70. The molecule has 1 aromatic heterocycles. The Labute approximate surface area is 178 Å². The highest BCUT2D eigenvalue weighted by molar-refractivity contribution is 7.22. The van der Waals surface area contributed by atoms with Gasteiger partial charge >= 0.3 is 0 Å². The van der Waals surface area contributed by atoms with Gasteiger partial charge in [0, 0.05) is 38.1 Å². The highest BCUT2D eigenvalue weighted by Crippen LogP contribution is 2.32. The van der Waals surface area contributed by atoms with Gasteiger partial charge in [0.25, 0.3) is 0 Å². The Morgan fingerprint density at radius 2 is 2.03 bits per heavy atom. The van der Waals surface area contributed by atoms with E-state index in [-0.39, 0.29) is 11.8 Å². The maximum Gasteiger partial charge on any atom is 0.223 e. The highest BCUT2D eigenvalue weighted by atomic mass is 32.1. The Hall–Kier alpha value is -1.66. The molecule has 2 aromatic rings. The van der Waals surface area contributed by atoms with E-state index >= 15 is 0 Å². The molecule has 1 aromatic carbocycles. The van der Waals surface area contributed by atoms with Crippen LogP contribution in [-0.2, 0) is 11.2 Å². The molecule has 2 saturated heterocycles. The Kier molecular flexibility index (Phi) is 6.70. The number of carbonyl (C=O) groups excluding carboxylic acids is 1. The highest BCUT2D eigenvalue weighted by Gasteiger charge is 2.26. The van der Waals surface area contributed by atoms with E-state index in [0.717, 1.165) is 56.1 Å². The summed E-state index contributed by atoms with van der Waals surface area (Å²) in [4.78, 5) is 22.3. The van der Waals surface area contributed by atoms with Crippen LogP contribution in [0.2, 0.25) is 0 Å². The molecule has 0 bridgehead atoms. The number of amides is 1. The fourth-order valence-corrected chi connectivity index (χ4v) is 5.68. The van der Waals surface area contributed by atoms with Crippen LogP contribution in [0.15, 0.2) is 18.2 Å². The molecular weight excluding hydrogens is 380 g/mol. The zero-order chi connectivity index (χ0) is 20.2. The average molecular weight is 415 g/mol. The molecule has 5 nitrogen and oxygen atoms in total. The van der Waals surface area contributed by atoms with E-state index in [4.69, 9.17) is 4.98 Å². The van der Waals surface area contributed by atoms with E-state index in [0.29, 0.717) is 6.04 Å². The molecule has 0 unspecified atom stereocenters. The number of thiazole rings is 1. The maximum atomic E-state index is 12.6. The predicted octanol–water partition coefficient (Wildman–Crippen LogP) is 4.07. The van der Waals surface area contributed by atoms with Gasteiger partial charge < -0.3 is 10.2 Å². The lowest BCUT2D eigenvalue weighted by molar-refractivity contribution is -0.125. The number of hydrogen-bond acceptors (Lipinski definition) is 5. The topological polar surface area (TPSA) is 48.5 Å². The van der Waals surface area contributed by atoms with Gasteiger partial charge in [-0.3, -0.25) is 9.69 Å². The number of aryl methyl sites for hydroxylation is 1. The monoisotopic (exact) mass is 414 g/mol. The summed E-state index contributed by atoms with van der Waals surface area (Å²) in [6.07, 6.45) is 6.82. The molecule has 0 aliphatic carbocycles. The Balaban J connectivity index is 1.25. The number of piperidine rings is 2. The summed E-state index contributed by atoms with van der Waals surface area (Å²) in [6.45, 7) is 9.27. The quantitative estimate of drug-likeness (QED) is 0.774. The molecule has 6 heteroatoms. The van der Waals surface area contributed by atoms with Gasteiger partial charge in [-0.1, -0.05) is 30.7 Å². The number of hydrogen-bond donors (Lipinski definition) is 1. The van der Waals surface area contributed by atoms with Gasteiger partial charge in [0.05, 0.1) is 10.2 Å². The molecule has 0 radical (unpaired) electrons. The second kappa shape index (κ2) is 9.43. The van der Waals surface area contributed by atoms with Crippen LogP contribution in [0.5, 0.6) is 0 Å². The summed E-state index contributed by atoms with van der Waals surface area (Å²) < 4.78 is 1.27. The molecule has 1 atom stereocenters. The number of anilines is 1. The molecule has 3 heterocycles. The molecule has 2 fully saturated rings. The number of likely N-dealkylation sites (tertiary alicyclic amines) is 1. The van der Waals surface area contributed by atoms with E-state index in [1.54, 1.807) is 11.3 Å². The first-order valence-corrected chi connectivity index (χ1v) is 12.1. The third-order valence-electron chi connectivity index (χ3n) is 6.62. The summed E-state index contributed by atoms with van der Waals surface area (Å²) in [5.74, 6) is 0.386. The SMILES string of the molecule is CCc1ccc2nc(N3CCC(C(=O)NCCN4CCCC[C@H]4C)CC3)sc2c1. The van der Waals surface area contributed by atoms with Gasteiger partial charge in [-0.05, 0) is 63.3 Å². The summed E-state index contributed by atoms with van der Waals surface area (Å²) >= 11 is 1.78. The Morgan fingerprint density at radius 1 is 1.21 bits per heavy atom. The van der Waals surface area contributed by atoms with Crippen molar-refractivity contribution in [3.8, 4) is 0 Å². The number of aromatic nitrogens is 1. The molecule has 158 valence electrons. The first-order chi connectivity index (χ1) is 14.1. The lowest BCUT2D eigenvalue weighted by Gasteiger charge is -2.34. The molecule has 29 heavy (non-hydrogen) atoms. The third kappa shape index (κ3) is 4.92. The first-order valence-electron chi connectivity index (χ1n) is 11.3. The van der Waals surface area contributed by atoms with Crippen molar-refractivity contribution >= 4 is 32.6 Å². The molecule has 1 amide bonds. The van der Waals surface area contributed by atoms with Crippen molar-refractivity contribution in [2.75, 3.05) is 37.6 Å². The van der Waals surface area contributed by atoms with Gasteiger partial charge in [0.15, 0.2) is 5.13 Å². The van der Waals surface area contributed by atoms with Crippen molar-refractivity contribution in [2.45, 2.75) is 58.4 Å². The second-order valence-electron chi connectivity index (χ2n) is 8.59. The molecule has 4 rings (SSSR count). The van der Waals surface area contributed by atoms with Crippen molar-refractivity contribution in [3.63, 3.8) is 0 Å². The summed E-state index contributed by atoms with van der Waals surface area (Å²) in [5.41, 5.74) is 2.45. The lowest BCUT2D eigenvalue weighted by atomic mass is 9.96. The Morgan fingerprint density at radius 3 is 2.79 bits per heavy atom. The standard InChI is InChI=1S/C23H34N4OS/c1-3-18-7-8-20-21(16-18)29-23(25-20)27-13-9-19(10-14-27)22(28)24-11-15-26-12-5-4-6-17(26)2/h7-8,16-17,19H,3-6,9-15H2,1-2H3,(H,24,28)/t17-/m1/s1. The normalized spacial score (nSPS) is 21.6. The van der Waals surface area contributed by atoms with Crippen LogP contribution in [0.4, 0.5) is 5.13 Å². The zero-order valence-electron chi connectivity index (χ0n) is 17.8. The summed E-state index contributed by atoms with van der Waals surface area (Å²) in [5, 5.41) is 4.30. The van der Waals surface area contributed by atoms with Crippen LogP contribution in [0.3, 0.4) is 0 Å². The summed E-state index contributed by atoms with van der Waals surface area (Å²) in [7, 11) is 0. The second-order valence-corrected chi connectivity index (χ2v) is 9.59. The number of rotatable bonds is 6. The van der Waals surface area contributed by atoms with Gasteiger partial charge in [-0.25, -0.2) is 4.98 Å². The smallest absolute Gasteiger partial charge is 0.223 e. The van der Waals surface area contributed by atoms with Crippen molar-refractivity contribution in [2.24, 2.45) is 5.92 Å². The van der Waals surface area contributed by atoms with Crippen LogP contribution in [-0.4, -0.2) is 54.6 Å². The minimum Gasteiger partial charge on any atom is -0.355 e. The van der Waals surface area contributed by atoms with Crippen molar-refractivity contribution in [3.05, 3.63) is 23.8 Å². The van der Waals surface area contributed by atoms with Crippen LogP contribution < -0.4 is 10.2 Å². The molecular formula is C23H34N4OS. The molecule has 0 spiro atoms. The maximum absolute atomic E-state index is 12.6. The molecule has 1 N–H and O–H groups in total. The van der Waals surface area contributed by atoms with Crippen LogP contribution in [0.25, 0.3) is 10.2 Å². The van der Waals surface area contributed by atoms with Crippen LogP contribution in [0.1, 0.15) is 51.5 Å². The predicted molar refractivity (Wildman–Crippen MR) is 122 cm³/mol. The number of nitrogens with zero attached hydrogens (tertiary/aromatic N) is 3. The van der Waals surface area contributed by atoms with Crippen LogP contribution in [0, 0.1) is 5.92 Å². The average Bonchev–Trinajstić information content (AvgIpc) is 3.18. The first kappa shape index (κ1) is 20.6. The fourth-order valence-electron chi connectivity index (χ4n) is 4.60. The number of nitrogens with one attached hydrogen (secondary N) is 1. The minimum atomic E-state index is 0.145. The largest absolute Gasteiger partial charge is 0.355 e. The van der Waals surface area contributed by atoms with Gasteiger partial charge in [-0.2, -0.15) is 0 Å². The molecule has 2 aliphatic rings. The van der Waals surface area contributed by atoms with Crippen LogP contribution >= 0.6 is 11.3 Å². The Bertz CT molecular complexity index is 827. The lowest BCUT2D eigenvalue weighted by Crippen LogP contribution is -2.45. The van der Waals surface area contributed by atoms with E-state index in [1.165, 1.54) is 36.1 Å². The number of carbonyl (C=O) groups is 1.